The number of rotatable bonds is 2. The van der Waals surface area contributed by atoms with Gasteiger partial charge in [-0.3, -0.25) is 9.59 Å². The van der Waals surface area contributed by atoms with E-state index in [1.807, 2.05) is 6.92 Å². The molecule has 79 heavy (non-hydrogen) atoms. The lowest BCUT2D eigenvalue weighted by atomic mass is 9.78. The highest BCUT2D eigenvalue weighted by molar-refractivity contribution is 5.70. The summed E-state index contributed by atoms with van der Waals surface area (Å²) in [6, 6.07) is 0. The van der Waals surface area contributed by atoms with Crippen LogP contribution in [-0.2, 0) is 75.9 Å². The fourth-order valence-electron chi connectivity index (χ4n) is 17.9. The van der Waals surface area contributed by atoms with Crippen molar-refractivity contribution < 1.29 is 91.2 Å². The number of esters is 1. The van der Waals surface area contributed by atoms with Gasteiger partial charge in [0.25, 0.3) is 0 Å². The van der Waals surface area contributed by atoms with Crippen molar-refractivity contribution in [1.29, 1.82) is 0 Å². The molecule has 14 saturated heterocycles. The summed E-state index contributed by atoms with van der Waals surface area (Å²) in [4.78, 5) is 26.1. The molecule has 0 unspecified atom stereocenters. The molecule has 0 aromatic heterocycles. The maximum Gasteiger partial charge on any atom is 0.308 e. The fourth-order valence-corrected chi connectivity index (χ4v) is 17.9. The maximum absolute atomic E-state index is 14.6. The molecule has 0 radical (unpaired) electrons. The van der Waals surface area contributed by atoms with Gasteiger partial charge in [-0.25, -0.2) is 0 Å². The van der Waals surface area contributed by atoms with Crippen LogP contribution in [0.3, 0.4) is 0 Å². The number of fused-ring (bicyclic) bond motifs is 12. The van der Waals surface area contributed by atoms with Crippen LogP contribution in [0.1, 0.15) is 157 Å². The zero-order chi connectivity index (χ0) is 54.7. The Morgan fingerprint density at radius 1 is 0.570 bits per heavy atom. The van der Waals surface area contributed by atoms with E-state index in [4.69, 9.17) is 66.3 Å². The van der Waals surface area contributed by atoms with Gasteiger partial charge < -0.3 is 81.6 Å². The molecule has 10 bridgehead atoms. The summed E-state index contributed by atoms with van der Waals surface area (Å²) in [5.41, 5.74) is 1.43. The number of hydrogen-bond donors (Lipinski definition) is 3. The van der Waals surface area contributed by atoms with Crippen LogP contribution in [0.4, 0.5) is 0 Å². The van der Waals surface area contributed by atoms with E-state index in [0.717, 1.165) is 36.8 Å². The molecule has 0 aliphatic carbocycles. The van der Waals surface area contributed by atoms with Gasteiger partial charge >= 0.3 is 11.9 Å². The van der Waals surface area contributed by atoms with Crippen LogP contribution in [0, 0.1) is 23.7 Å². The van der Waals surface area contributed by atoms with Crippen LogP contribution < -0.4 is 0 Å². The Kier molecular flexibility index (Phi) is 14.0. The lowest BCUT2D eigenvalue weighted by Crippen LogP contribution is -2.62. The Balaban J connectivity index is 0.692. The molecule has 2 spiro atoms. The van der Waals surface area contributed by atoms with Crippen molar-refractivity contribution in [3.05, 3.63) is 24.3 Å². The Morgan fingerprint density at radius 3 is 2.10 bits per heavy atom. The Morgan fingerprint density at radius 2 is 1.28 bits per heavy atom. The van der Waals surface area contributed by atoms with E-state index in [2.05, 4.69) is 40.9 Å². The molecule has 440 valence electrons. The second-order valence-corrected chi connectivity index (χ2v) is 27.7. The third-order valence-electron chi connectivity index (χ3n) is 21.5. The fraction of sp³-hybridized carbons (Fsp3) is 0.900. The van der Waals surface area contributed by atoms with Gasteiger partial charge in [-0.2, -0.15) is 0 Å². The lowest BCUT2D eigenvalue weighted by molar-refractivity contribution is -0.371. The first-order valence-electron chi connectivity index (χ1n) is 30.5. The van der Waals surface area contributed by atoms with Crippen LogP contribution in [0.15, 0.2) is 24.3 Å². The largest absolute Gasteiger partial charge is 0.481 e. The van der Waals surface area contributed by atoms with Crippen molar-refractivity contribution in [2.45, 2.75) is 314 Å². The first kappa shape index (κ1) is 54.7. The summed E-state index contributed by atoms with van der Waals surface area (Å²) in [6.45, 7) is 19.7. The number of aliphatic hydroxyl groups excluding tert-OH is 1. The number of aliphatic hydroxyl groups is 2. The molecule has 3 N–H and O–H groups in total. The van der Waals surface area contributed by atoms with Gasteiger partial charge in [-0.05, 0) is 80.8 Å². The average Bonchev–Trinajstić information content (AvgIpc) is 4.34. The highest BCUT2D eigenvalue weighted by Crippen LogP contribution is 2.57. The number of carboxylic acids is 1. The van der Waals surface area contributed by atoms with E-state index in [0.29, 0.717) is 77.0 Å². The van der Waals surface area contributed by atoms with Gasteiger partial charge in [0, 0.05) is 70.1 Å². The van der Waals surface area contributed by atoms with Gasteiger partial charge in [-0.1, -0.05) is 40.9 Å². The summed E-state index contributed by atoms with van der Waals surface area (Å²) >= 11 is 0. The van der Waals surface area contributed by atoms with E-state index in [9.17, 15) is 24.9 Å². The average molecular weight is 1110 g/mol. The third kappa shape index (κ3) is 10.0. The Labute approximate surface area is 463 Å². The molecule has 14 rings (SSSR count). The maximum atomic E-state index is 14.6. The second kappa shape index (κ2) is 20.2. The molecule has 0 amide bonds. The van der Waals surface area contributed by atoms with Crippen molar-refractivity contribution in [2.75, 3.05) is 0 Å². The summed E-state index contributed by atoms with van der Waals surface area (Å²) < 4.78 is 95.8. The van der Waals surface area contributed by atoms with Crippen LogP contribution in [0.5, 0.6) is 0 Å². The number of carbonyl (C=O) groups is 2. The highest BCUT2D eigenvalue weighted by Gasteiger charge is 2.66. The molecule has 14 aliphatic heterocycles. The molecule has 14 heterocycles. The predicted octanol–water partition coefficient (Wildman–Crippen LogP) is 6.03. The SMILES string of the molecule is C=C1C[C@@H]2CC[C@@]3(O)C[C@]4(C)C[C@@H]5O[C@H]6CC[C@H](CC(=O)O[C@@H]7[C@@H](C)[C@@H]8O[C@@H]9C[C@]%10(C[C@@H]%11O[C@]%12(C[C@H](C)[C@@H]%13O[C@H](CC(=O)O)[C@H](O)C[C@@H]%13O%12)C[C@H](C)[C@@H]%11O%10)O[C@@H]9C[C@@H]8O[C@H]7C[C@H]7O[C@@H](CC[C@@H]1O2)C[C@@H](C)C7=C)O[C@@H]6[C@H](O3)[C@@H]5O4. The van der Waals surface area contributed by atoms with E-state index in [-0.39, 0.29) is 122 Å². The van der Waals surface area contributed by atoms with Crippen molar-refractivity contribution in [3.63, 3.8) is 0 Å². The van der Waals surface area contributed by atoms with Gasteiger partial charge in [0.15, 0.2) is 17.4 Å². The van der Waals surface area contributed by atoms with Gasteiger partial charge in [-0.15, -0.1) is 0 Å². The molecule has 0 aromatic carbocycles. The predicted molar refractivity (Wildman–Crippen MR) is 275 cm³/mol. The molecule has 0 saturated carbocycles. The summed E-state index contributed by atoms with van der Waals surface area (Å²) in [7, 11) is 0. The normalized spacial score (nSPS) is 57.0. The number of aliphatic carboxylic acids is 1. The Hall–Kier alpha value is -2.18. The lowest BCUT2D eigenvalue weighted by Gasteiger charge is -2.54. The first-order valence-corrected chi connectivity index (χ1v) is 30.5. The smallest absolute Gasteiger partial charge is 0.308 e. The second-order valence-electron chi connectivity index (χ2n) is 27.7. The molecular weight excluding hydrogens is 1020 g/mol. The number of carbonyl (C=O) groups excluding carboxylic acids is 1. The van der Waals surface area contributed by atoms with Crippen LogP contribution in [0.2, 0.25) is 0 Å². The minimum absolute atomic E-state index is 0.00338. The number of hydrogen-bond acceptors (Lipinski definition) is 18. The summed E-state index contributed by atoms with van der Waals surface area (Å²) in [5.74, 6) is -4.74. The monoisotopic (exact) mass is 1110 g/mol. The molecule has 30 atom stereocenters. The van der Waals surface area contributed by atoms with Crippen LogP contribution in [0.25, 0.3) is 0 Å². The first-order chi connectivity index (χ1) is 37.7. The van der Waals surface area contributed by atoms with Gasteiger partial charge in [0.2, 0.25) is 0 Å². The van der Waals surface area contributed by atoms with E-state index in [1.165, 1.54) is 0 Å². The van der Waals surface area contributed by atoms with Gasteiger partial charge in [0.05, 0.1) is 128 Å². The molecule has 19 nitrogen and oxygen atoms in total. The number of carboxylic acid groups (broad SMARTS) is 1. The minimum atomic E-state index is -1.47. The third-order valence-corrected chi connectivity index (χ3v) is 21.5. The molecule has 14 fully saturated rings. The van der Waals surface area contributed by atoms with Crippen molar-refractivity contribution in [3.8, 4) is 0 Å². The zero-order valence-electron chi connectivity index (χ0n) is 46.7. The van der Waals surface area contributed by atoms with Crippen molar-refractivity contribution >= 4 is 11.9 Å². The Bertz CT molecular complexity index is 2370. The molecule has 19 heteroatoms. The topological polar surface area (TPSA) is 224 Å². The van der Waals surface area contributed by atoms with Gasteiger partial charge in [0.1, 0.15) is 24.4 Å². The quantitative estimate of drug-likeness (QED) is 0.212. The van der Waals surface area contributed by atoms with Crippen molar-refractivity contribution in [2.24, 2.45) is 23.7 Å². The van der Waals surface area contributed by atoms with E-state index in [1.54, 1.807) is 0 Å². The standard InChI is InChI=1S/C60H86O19/c1-27-14-33-8-10-37-28(2)15-35(66-37)12-13-58(65)26-57(7)23-46-55(77-57)56(78-58)54-38(69-46)11-9-34(68-54)16-49(64)73-53-32(6)52-43(70-42(53)18-39(67-33)31(27)5)19-41-45(72-52)24-60(74-41)25-47-51(79-60)30(4)22-59(76-47)21-29(3)50-44(75-59)17-36(61)40(71-50)20-48(62)63/h27,29-30,32-47,50-56,61,65H,2,5,8-26H2,1,3-4,6-7H3,(H,62,63)/t27-,29+,30+,32+,33+,34-,35+,36-,37+,38+,39-,40-,41-,42+,43+,44+,45-,46+,47+,50+,51+,52+,53-,54+,55-,56+,57+,58+,59-,60+/m1/s1. The molecule has 0 aromatic rings. The number of ether oxygens (including phenoxy) is 14. The highest BCUT2D eigenvalue weighted by atomic mass is 16.8. The van der Waals surface area contributed by atoms with Crippen LogP contribution >= 0.6 is 0 Å². The molecular formula is C60H86O19. The van der Waals surface area contributed by atoms with Crippen molar-refractivity contribution in [1.82, 2.24) is 0 Å². The van der Waals surface area contributed by atoms with E-state index >= 15 is 0 Å². The minimum Gasteiger partial charge on any atom is -0.481 e. The molecule has 14 aliphatic rings. The summed E-state index contributed by atoms with van der Waals surface area (Å²) in [5, 5.41) is 32.8. The summed E-state index contributed by atoms with van der Waals surface area (Å²) in [6.07, 6.45) is 0.698. The van der Waals surface area contributed by atoms with Crippen LogP contribution in [-0.4, -0.2) is 185 Å². The zero-order valence-corrected chi connectivity index (χ0v) is 46.7. The van der Waals surface area contributed by atoms with E-state index < -0.39 is 90.0 Å².